The molecule has 0 saturated carbocycles. The summed E-state index contributed by atoms with van der Waals surface area (Å²) in [5.41, 5.74) is 16.5. The van der Waals surface area contributed by atoms with E-state index in [0.717, 1.165) is 31.7 Å². The zero-order chi connectivity index (χ0) is 92.0. The molecular formula is C83H124F3N13O17S3Si2. The molecule has 0 saturated heterocycles. The molecule has 0 fully saturated rings. The van der Waals surface area contributed by atoms with Crippen molar-refractivity contribution in [1.82, 2.24) is 35.2 Å². The van der Waals surface area contributed by atoms with E-state index >= 15 is 0 Å². The van der Waals surface area contributed by atoms with Crippen molar-refractivity contribution in [3.8, 4) is 33.8 Å². The number of hydrogen-bond donors (Lipinski definition) is 9. The van der Waals surface area contributed by atoms with Crippen LogP contribution in [0.15, 0.2) is 96.0 Å². The first-order chi connectivity index (χ1) is 55.6. The van der Waals surface area contributed by atoms with Crippen molar-refractivity contribution in [2.45, 2.75) is 225 Å². The number of carbonyl (C=O) groups is 3. The van der Waals surface area contributed by atoms with Crippen molar-refractivity contribution in [2.75, 3.05) is 65.9 Å². The number of carbonyl (C=O) groups excluding carboxylic acids is 1. The van der Waals surface area contributed by atoms with Crippen LogP contribution < -0.4 is 29.7 Å². The Bertz CT molecular complexity index is 4960. The Morgan fingerprint density at radius 2 is 0.810 bits per heavy atom. The van der Waals surface area contributed by atoms with E-state index in [9.17, 15) is 78.3 Å². The molecule has 0 bridgehead atoms. The number of halogens is 3. The number of hydrogen-bond acceptors (Lipinski definition) is 22. The van der Waals surface area contributed by atoms with Crippen LogP contribution in [0.4, 0.5) is 31.0 Å². The SMILES string of the molecule is CC(C)c1nc(N(C)S(C)(=O)=O)nc(-c2ccc(F)cc2)c1/C=C/[C@H](C[C@@H](CC(=O)O)O[Si](C)(C)C(C)(C)C)O[Si](C)(C)C(C)(C)C.CC(C)c1nc(N(C)S(C)(=O)=O)nc(-c2ccc(F)cc2)c1/C=C/[C@H](O)C[C@@H](O)CC(=O)NCCCCN=C(N)N.CC(C)c1nc(N(C)S(C)(=O)=O)nc(-c2ccc(F)cc2)c1/C=C/[C@H](O)C[C@@H](O)CC(=O)O. The van der Waals surface area contributed by atoms with Crippen LogP contribution in [0.2, 0.25) is 36.3 Å². The highest BCUT2D eigenvalue weighted by Gasteiger charge is 2.43. The van der Waals surface area contributed by atoms with Gasteiger partial charge in [-0.05, 0) is 140 Å². The molecule has 6 rings (SSSR count). The number of benzene rings is 3. The molecule has 11 N–H and O–H groups in total. The molecule has 6 aromatic rings. The molecule has 6 atom stereocenters. The molecule has 3 aromatic carbocycles. The molecule has 0 radical (unpaired) electrons. The maximum atomic E-state index is 14.0. The van der Waals surface area contributed by atoms with Crippen molar-refractivity contribution < 1.29 is 92.3 Å². The van der Waals surface area contributed by atoms with E-state index < -0.39 is 119 Å². The van der Waals surface area contributed by atoms with Gasteiger partial charge >= 0.3 is 11.9 Å². The third-order valence-corrected chi connectivity index (χ3v) is 32.7. The van der Waals surface area contributed by atoms with Gasteiger partial charge in [0.05, 0.1) is 109 Å². The van der Waals surface area contributed by atoms with Gasteiger partial charge in [0.1, 0.15) is 17.5 Å². The summed E-state index contributed by atoms with van der Waals surface area (Å²) in [4.78, 5) is 65.9. The largest absolute Gasteiger partial charge is 0.481 e. The van der Waals surface area contributed by atoms with Crippen LogP contribution in [0.5, 0.6) is 0 Å². The second-order valence-corrected chi connectivity index (χ2v) is 49.2. The summed E-state index contributed by atoms with van der Waals surface area (Å²) in [5, 5.41) is 62.1. The molecule has 121 heavy (non-hydrogen) atoms. The molecule has 670 valence electrons. The number of nitrogens with zero attached hydrogens (tertiary/aromatic N) is 10. The standard InChI is InChI=1S/C34H56FN3O6SSi2.C27H40FN7O5S.C22H28FN3O6S/c1-23(2)30-28(31(24-15-17-25(35)18-16-24)37-32(36-30)38(9)45(10,41)42)20-19-26(43-46(11,12)33(3,4)5)21-27(22-29(39)40)44-47(13,14)34(6,7)8;1-17(2)24-22(12-11-20(36)15-21(37)16-23(38)31-13-5-6-14-32-26(29)30)25(18-7-9-19(28)10-8-18)34-27(33-24)35(3)41(4,39)40;1-13(2)20-18(10-9-16(27)11-17(28)12-19(29)30)21(14-5-7-15(23)8-6-14)25-22(24-20)26(3)33(4,31)32/h15-20,23,26-27H,21-22H2,1-14H3,(H,39,40);7-12,17,20-21,36-37H,5-6,13-16H2,1-4H3,(H,31,38)(H4,29,30,32);5-10,13,16-17,27-28H,11-12H2,1-4H3,(H,29,30)/b20-19+;12-11+;10-9+/t26-,27+;20-,21+;16-,17+/m100/s1. The summed E-state index contributed by atoms with van der Waals surface area (Å²) in [5.74, 6) is -4.36. The first kappa shape index (κ1) is 104. The average Bonchev–Trinajstić information content (AvgIpc) is 0.768. The Labute approximate surface area is 713 Å². The van der Waals surface area contributed by atoms with Crippen LogP contribution in [0.25, 0.3) is 52.0 Å². The van der Waals surface area contributed by atoms with Crippen LogP contribution in [-0.2, 0) is 53.3 Å². The number of rotatable bonds is 39. The van der Waals surface area contributed by atoms with Crippen LogP contribution in [-0.4, -0.2) is 216 Å². The molecule has 0 unspecified atom stereocenters. The lowest BCUT2D eigenvalue weighted by atomic mass is 9.97. The predicted molar refractivity (Wildman–Crippen MR) is 475 cm³/mol. The van der Waals surface area contributed by atoms with Crippen molar-refractivity contribution in [2.24, 2.45) is 16.5 Å². The maximum Gasteiger partial charge on any atom is 0.305 e. The summed E-state index contributed by atoms with van der Waals surface area (Å²) in [7, 11) is -11.6. The summed E-state index contributed by atoms with van der Waals surface area (Å²) >= 11 is 0. The average molecular weight is 1790 g/mol. The van der Waals surface area contributed by atoms with Gasteiger partial charge in [-0.15, -0.1) is 0 Å². The van der Waals surface area contributed by atoms with E-state index in [4.69, 9.17) is 30.4 Å². The smallest absolute Gasteiger partial charge is 0.305 e. The lowest BCUT2D eigenvalue weighted by Crippen LogP contribution is -2.47. The van der Waals surface area contributed by atoms with Gasteiger partial charge in [0.25, 0.3) is 0 Å². The van der Waals surface area contributed by atoms with Gasteiger partial charge in [0, 0.05) is 86.9 Å². The first-order valence-electron chi connectivity index (χ1n) is 39.4. The van der Waals surface area contributed by atoms with E-state index in [1.54, 1.807) is 18.2 Å². The Balaban J connectivity index is 0.000000387. The number of carboxylic acid groups (broad SMARTS) is 2. The molecule has 0 aliphatic heterocycles. The summed E-state index contributed by atoms with van der Waals surface area (Å²) in [6.07, 6.45) is 7.72. The lowest BCUT2D eigenvalue weighted by Gasteiger charge is -2.42. The van der Waals surface area contributed by atoms with Crippen LogP contribution in [0.3, 0.4) is 0 Å². The second-order valence-electron chi connectivity index (χ2n) is 33.6. The number of aliphatic hydroxyl groups excluding tert-OH is 4. The van der Waals surface area contributed by atoms with Crippen LogP contribution in [0.1, 0.15) is 186 Å². The van der Waals surface area contributed by atoms with Crippen molar-refractivity contribution >= 4 is 107 Å². The maximum absolute atomic E-state index is 14.0. The van der Waals surface area contributed by atoms with Gasteiger partial charge in [-0.1, -0.05) is 120 Å². The highest BCUT2D eigenvalue weighted by atomic mass is 32.2. The monoisotopic (exact) mass is 1780 g/mol. The number of amides is 1. The van der Waals surface area contributed by atoms with Crippen LogP contribution in [0, 0.1) is 17.5 Å². The molecule has 0 aliphatic carbocycles. The number of unbranched alkanes of at least 4 members (excludes halogenated alkanes) is 1. The van der Waals surface area contributed by atoms with E-state index in [0.29, 0.717) is 99.9 Å². The Kier molecular flexibility index (Phi) is 38.7. The normalized spacial score (nSPS) is 14.1. The highest BCUT2D eigenvalue weighted by Crippen LogP contribution is 2.42. The number of aliphatic hydroxyl groups is 4. The molecule has 30 nitrogen and oxygen atoms in total. The number of anilines is 3. The summed E-state index contributed by atoms with van der Waals surface area (Å²) < 4.78 is 131. The third kappa shape index (κ3) is 33.3. The number of aromatic nitrogens is 6. The van der Waals surface area contributed by atoms with E-state index in [1.807, 2.05) is 53.7 Å². The highest BCUT2D eigenvalue weighted by molar-refractivity contribution is 7.92. The molecule has 3 heterocycles. The zero-order valence-corrected chi connectivity index (χ0v) is 77.8. The molecule has 0 spiro atoms. The van der Waals surface area contributed by atoms with Gasteiger partial charge in [0.15, 0.2) is 22.6 Å². The molecule has 3 aromatic heterocycles. The van der Waals surface area contributed by atoms with E-state index in [-0.39, 0.29) is 83.2 Å². The Morgan fingerprint density at radius 1 is 0.496 bits per heavy atom. The number of nitrogens with two attached hydrogens (primary N) is 2. The fourth-order valence-electron chi connectivity index (χ4n) is 11.2. The minimum atomic E-state index is -3.67. The molecule has 0 aliphatic rings. The number of guanidine groups is 1. The number of sulfonamides is 3. The van der Waals surface area contributed by atoms with Gasteiger partial charge in [-0.3, -0.25) is 19.4 Å². The van der Waals surface area contributed by atoms with Crippen molar-refractivity contribution in [1.29, 1.82) is 0 Å². The number of aliphatic imine (C=N–C) groups is 1. The second kappa shape index (κ2) is 44.9. The minimum Gasteiger partial charge on any atom is -0.481 e. The number of carboxylic acids is 2. The van der Waals surface area contributed by atoms with Gasteiger partial charge in [-0.2, -0.15) is 0 Å². The number of aliphatic carboxylic acids is 2. The fraction of sp³-hybridized carbons (Fsp3) is 0.518. The van der Waals surface area contributed by atoms with Crippen molar-refractivity contribution in [3.63, 3.8) is 0 Å². The summed E-state index contributed by atoms with van der Waals surface area (Å²) in [6, 6.07) is 16.9. The first-order valence-corrected chi connectivity index (χ1v) is 50.7. The zero-order valence-electron chi connectivity index (χ0n) is 73.3. The number of nitrogens with one attached hydrogen (secondary N) is 1. The van der Waals surface area contributed by atoms with Crippen molar-refractivity contribution in [3.05, 3.63) is 142 Å². The predicted octanol–water partition coefficient (Wildman–Crippen LogP) is 12.3. The minimum absolute atomic E-state index is 0.00559. The molecule has 38 heteroatoms. The molecular weight excluding hydrogens is 1660 g/mol. The van der Waals surface area contributed by atoms with E-state index in [2.05, 4.69) is 103 Å². The Morgan fingerprint density at radius 3 is 1.11 bits per heavy atom. The molecule has 1 amide bonds. The lowest BCUT2D eigenvalue weighted by molar-refractivity contribution is -0.140. The van der Waals surface area contributed by atoms with Gasteiger partial charge < -0.3 is 56.3 Å². The third-order valence-electron chi connectivity index (χ3n) is 20.1. The quantitative estimate of drug-likeness (QED) is 0.00749. The summed E-state index contributed by atoms with van der Waals surface area (Å²) in [6.45, 7) is 33.6. The van der Waals surface area contributed by atoms with Gasteiger partial charge in [0.2, 0.25) is 53.8 Å². The van der Waals surface area contributed by atoms with Crippen LogP contribution >= 0.6 is 0 Å². The van der Waals surface area contributed by atoms with E-state index in [1.165, 1.54) is 100 Å². The fourth-order valence-corrected chi connectivity index (χ4v) is 15.0. The topological polar surface area (TPSA) is 457 Å². The van der Waals surface area contributed by atoms with Gasteiger partial charge in [-0.25, -0.2) is 81.2 Å². The Hall–Kier alpha value is -8.97.